The Morgan fingerprint density at radius 3 is 2.64 bits per heavy atom. The molecular weight excluding hydrogens is 389 g/mol. The molecular formula is C6H2Br2INO. The lowest BCUT2D eigenvalue weighted by atomic mass is 10.4. The van der Waals surface area contributed by atoms with Crippen LogP contribution in [0.2, 0.25) is 0 Å². The number of hydrogen-bond acceptors (Lipinski definition) is 2. The number of carbonyl (C=O) groups excluding carboxylic acids is 1. The quantitative estimate of drug-likeness (QED) is 0.544. The molecule has 2 nitrogen and oxygen atoms in total. The normalized spacial score (nSPS) is 9.73. The number of nitrogens with zero attached hydrogens (tertiary/aromatic N) is 1. The number of aromatic nitrogens is 1. The Morgan fingerprint density at radius 1 is 1.55 bits per heavy atom. The number of pyridine rings is 1. The third-order valence-electron chi connectivity index (χ3n) is 0.994. The van der Waals surface area contributed by atoms with E-state index in [9.17, 15) is 4.79 Å². The van der Waals surface area contributed by atoms with Crippen LogP contribution in [-0.4, -0.2) is 8.77 Å². The predicted molar refractivity (Wildman–Crippen MR) is 58.0 cm³/mol. The molecule has 0 aliphatic heterocycles. The van der Waals surface area contributed by atoms with Crippen molar-refractivity contribution in [3.8, 4) is 0 Å². The summed E-state index contributed by atoms with van der Waals surface area (Å²) in [5.74, 6) is 0. The molecule has 5 heteroatoms. The van der Waals surface area contributed by atoms with Crippen LogP contribution in [0.4, 0.5) is 0 Å². The van der Waals surface area contributed by atoms with Gasteiger partial charge in [0.2, 0.25) is 3.79 Å². The maximum atomic E-state index is 10.9. The third-order valence-corrected chi connectivity index (χ3v) is 2.54. The molecule has 0 bridgehead atoms. The van der Waals surface area contributed by atoms with Gasteiger partial charge < -0.3 is 0 Å². The third kappa shape index (κ3) is 2.48. The monoisotopic (exact) mass is 389 g/mol. The highest BCUT2D eigenvalue weighted by molar-refractivity contribution is 14.1. The highest BCUT2D eigenvalue weighted by Gasteiger charge is 2.07. The summed E-state index contributed by atoms with van der Waals surface area (Å²) in [6.45, 7) is 0. The van der Waals surface area contributed by atoms with Gasteiger partial charge in [-0.15, -0.1) is 0 Å². The van der Waals surface area contributed by atoms with Crippen molar-refractivity contribution < 1.29 is 4.79 Å². The van der Waals surface area contributed by atoms with Crippen molar-refractivity contribution in [3.63, 3.8) is 0 Å². The van der Waals surface area contributed by atoms with E-state index in [2.05, 4.69) is 36.8 Å². The lowest BCUT2D eigenvalue weighted by molar-refractivity contribution is 0.110. The maximum Gasteiger partial charge on any atom is 0.241 e. The summed E-state index contributed by atoms with van der Waals surface area (Å²) in [6, 6.07) is 1.79. The molecule has 0 N–H and O–H groups in total. The van der Waals surface area contributed by atoms with E-state index < -0.39 is 0 Å². The Labute approximate surface area is 94.2 Å². The summed E-state index contributed by atoms with van der Waals surface area (Å²) in [6.07, 6.45) is 1.59. The van der Waals surface area contributed by atoms with Crippen molar-refractivity contribution in [3.05, 3.63) is 26.9 Å². The number of hydrogen-bond donors (Lipinski definition) is 0. The fraction of sp³-hybridized carbons (Fsp3) is 0. The van der Waals surface area contributed by atoms with Gasteiger partial charge in [0.05, 0.1) is 0 Å². The molecule has 1 rings (SSSR count). The fourth-order valence-corrected chi connectivity index (χ4v) is 2.53. The van der Waals surface area contributed by atoms with Crippen molar-refractivity contribution in [2.24, 2.45) is 0 Å². The van der Waals surface area contributed by atoms with Gasteiger partial charge in [-0.3, -0.25) is 4.79 Å². The van der Waals surface area contributed by atoms with Gasteiger partial charge in [0.15, 0.2) is 0 Å². The summed E-state index contributed by atoms with van der Waals surface area (Å²) >= 11 is 8.17. The zero-order valence-electron chi connectivity index (χ0n) is 5.14. The summed E-state index contributed by atoms with van der Waals surface area (Å²) in [5, 5.41) is 0. The fourth-order valence-electron chi connectivity index (χ4n) is 0.559. The van der Waals surface area contributed by atoms with Gasteiger partial charge in [-0.25, -0.2) is 4.98 Å². The van der Waals surface area contributed by atoms with Crippen LogP contribution in [-0.2, 0) is 0 Å². The zero-order valence-corrected chi connectivity index (χ0v) is 10.5. The van der Waals surface area contributed by atoms with E-state index in [0.29, 0.717) is 10.2 Å². The smallest absolute Gasteiger partial charge is 0.241 e. The Morgan fingerprint density at radius 2 is 2.18 bits per heavy atom. The molecule has 0 amide bonds. The molecule has 0 saturated heterocycles. The molecule has 58 valence electrons. The Hall–Kier alpha value is 0.510. The topological polar surface area (TPSA) is 30.0 Å². The first-order chi connectivity index (χ1) is 5.11. The summed E-state index contributed by atoms with van der Waals surface area (Å²) < 4.78 is 1.50. The lowest BCUT2D eigenvalue weighted by Crippen LogP contribution is -1.93. The van der Waals surface area contributed by atoms with E-state index in [0.717, 1.165) is 4.47 Å². The molecule has 1 heterocycles. The Balaban J connectivity index is 3.20. The summed E-state index contributed by atoms with van der Waals surface area (Å²) in [5.41, 5.74) is 0.453. The molecule has 0 aliphatic rings. The zero-order chi connectivity index (χ0) is 8.43. The van der Waals surface area contributed by atoms with Crippen LogP contribution >= 0.6 is 54.5 Å². The molecule has 0 saturated carbocycles. The minimum absolute atomic E-state index is 0.0676. The summed E-state index contributed by atoms with van der Waals surface area (Å²) in [4.78, 5) is 14.8. The SMILES string of the molecule is O=C(I)c1ncc(Br)cc1Br. The second kappa shape index (κ2) is 3.95. The van der Waals surface area contributed by atoms with Crippen molar-refractivity contribution in [1.29, 1.82) is 0 Å². The molecule has 1 aromatic heterocycles. The maximum absolute atomic E-state index is 10.9. The van der Waals surface area contributed by atoms with E-state index in [-0.39, 0.29) is 3.79 Å². The van der Waals surface area contributed by atoms with Gasteiger partial charge in [0, 0.05) is 37.7 Å². The Kier molecular flexibility index (Phi) is 3.45. The van der Waals surface area contributed by atoms with E-state index in [1.807, 2.05) is 0 Å². The van der Waals surface area contributed by atoms with E-state index in [1.54, 1.807) is 34.9 Å². The van der Waals surface area contributed by atoms with E-state index in [1.165, 1.54) is 0 Å². The highest BCUT2D eigenvalue weighted by atomic mass is 127. The minimum atomic E-state index is -0.0676. The molecule has 0 spiro atoms. The molecule has 0 atom stereocenters. The van der Waals surface area contributed by atoms with Crippen molar-refractivity contribution in [2.75, 3.05) is 0 Å². The number of halogens is 3. The van der Waals surface area contributed by atoms with Crippen LogP contribution in [0, 0.1) is 0 Å². The van der Waals surface area contributed by atoms with E-state index >= 15 is 0 Å². The number of rotatable bonds is 1. The van der Waals surface area contributed by atoms with Crippen LogP contribution in [0.25, 0.3) is 0 Å². The second-order valence-electron chi connectivity index (χ2n) is 1.76. The molecule has 0 unspecified atom stereocenters. The van der Waals surface area contributed by atoms with Gasteiger partial charge in [-0.05, 0) is 37.9 Å². The summed E-state index contributed by atoms with van der Waals surface area (Å²) in [7, 11) is 0. The lowest BCUT2D eigenvalue weighted by Gasteiger charge is -1.96. The first kappa shape index (κ1) is 9.60. The van der Waals surface area contributed by atoms with Gasteiger partial charge >= 0.3 is 0 Å². The Bertz CT molecular complexity index is 303. The molecule has 11 heavy (non-hydrogen) atoms. The van der Waals surface area contributed by atoms with E-state index in [4.69, 9.17) is 0 Å². The first-order valence-corrected chi connectivity index (χ1v) is 5.28. The largest absolute Gasteiger partial charge is 0.280 e. The average Bonchev–Trinajstić information content (AvgIpc) is 1.85. The van der Waals surface area contributed by atoms with Crippen molar-refractivity contribution in [1.82, 2.24) is 4.98 Å². The molecule has 1 aromatic rings. The van der Waals surface area contributed by atoms with Crippen LogP contribution in [0.5, 0.6) is 0 Å². The van der Waals surface area contributed by atoms with Gasteiger partial charge in [-0.1, -0.05) is 0 Å². The highest BCUT2D eigenvalue weighted by Crippen LogP contribution is 2.21. The van der Waals surface area contributed by atoms with Crippen LogP contribution < -0.4 is 0 Å². The van der Waals surface area contributed by atoms with Crippen molar-refractivity contribution >= 4 is 58.2 Å². The predicted octanol–water partition coefficient (Wildman–Crippen LogP) is 3.18. The van der Waals surface area contributed by atoms with Crippen LogP contribution in [0.15, 0.2) is 21.2 Å². The molecule has 0 radical (unpaired) electrons. The van der Waals surface area contributed by atoms with Gasteiger partial charge in [0.1, 0.15) is 5.69 Å². The molecule has 0 fully saturated rings. The number of carbonyl (C=O) groups is 1. The molecule has 0 aliphatic carbocycles. The van der Waals surface area contributed by atoms with Gasteiger partial charge in [0.25, 0.3) is 0 Å². The first-order valence-electron chi connectivity index (χ1n) is 2.62. The average molecular weight is 391 g/mol. The molecule has 0 aromatic carbocycles. The van der Waals surface area contributed by atoms with Crippen LogP contribution in [0.1, 0.15) is 10.5 Å². The van der Waals surface area contributed by atoms with Crippen LogP contribution in [0.3, 0.4) is 0 Å². The minimum Gasteiger partial charge on any atom is -0.280 e. The van der Waals surface area contributed by atoms with Crippen molar-refractivity contribution in [2.45, 2.75) is 0 Å². The second-order valence-corrected chi connectivity index (χ2v) is 4.51. The van der Waals surface area contributed by atoms with Gasteiger partial charge in [-0.2, -0.15) is 0 Å². The standard InChI is InChI=1S/C6H2Br2INO/c7-3-1-4(8)5(6(9)11)10-2-3/h1-2H.